The van der Waals surface area contributed by atoms with E-state index >= 15 is 0 Å². The quantitative estimate of drug-likeness (QED) is 0.515. The summed E-state index contributed by atoms with van der Waals surface area (Å²) in [5.41, 5.74) is 0.971. The summed E-state index contributed by atoms with van der Waals surface area (Å²) in [5.74, 6) is -0.765. The minimum Gasteiger partial charge on any atom is -0.465 e. The van der Waals surface area contributed by atoms with Crippen molar-refractivity contribution in [1.29, 1.82) is 5.26 Å². The number of hydrogen-bond donors (Lipinski definition) is 0. The molecule has 2 atom stereocenters. The first kappa shape index (κ1) is 19.2. The highest BCUT2D eigenvalue weighted by Gasteiger charge is 2.43. The van der Waals surface area contributed by atoms with Gasteiger partial charge in [0.05, 0.1) is 25.2 Å². The van der Waals surface area contributed by atoms with Gasteiger partial charge in [-0.3, -0.25) is 4.79 Å². The molecule has 126 valence electrons. The number of esters is 1. The summed E-state index contributed by atoms with van der Waals surface area (Å²) in [6.07, 6.45) is 1.37. The van der Waals surface area contributed by atoms with Crippen molar-refractivity contribution in [2.45, 2.75) is 46.0 Å². The molecule has 0 amide bonds. The van der Waals surface area contributed by atoms with Gasteiger partial charge in [0.1, 0.15) is 5.41 Å². The minimum absolute atomic E-state index is 0.306. The van der Waals surface area contributed by atoms with Crippen molar-refractivity contribution in [3.63, 3.8) is 0 Å². The summed E-state index contributed by atoms with van der Waals surface area (Å²) in [7, 11) is 0. The predicted molar refractivity (Wildman–Crippen MR) is 90.0 cm³/mol. The molecule has 1 aromatic carbocycles. The molecule has 4 heteroatoms. The van der Waals surface area contributed by atoms with Crippen molar-refractivity contribution in [3.05, 3.63) is 35.4 Å². The molecule has 0 aliphatic heterocycles. The fourth-order valence-corrected chi connectivity index (χ4v) is 2.76. The van der Waals surface area contributed by atoms with E-state index in [0.29, 0.717) is 26.2 Å². The summed E-state index contributed by atoms with van der Waals surface area (Å²) < 4.78 is 10.7. The average molecular weight is 317 g/mol. The molecular weight excluding hydrogens is 290 g/mol. The van der Waals surface area contributed by atoms with Gasteiger partial charge in [0.25, 0.3) is 0 Å². The first-order chi connectivity index (χ1) is 11.0. The molecule has 0 fully saturated rings. The third-order valence-corrected chi connectivity index (χ3v) is 4.23. The number of nitriles is 1. The van der Waals surface area contributed by atoms with Crippen LogP contribution in [0, 0.1) is 17.2 Å². The maximum absolute atomic E-state index is 12.6. The fourth-order valence-electron chi connectivity index (χ4n) is 2.76. The number of nitrogens with zero attached hydrogens (tertiary/aromatic N) is 1. The Balaban J connectivity index is 3.19. The molecule has 0 heterocycles. The lowest BCUT2D eigenvalue weighted by atomic mass is 9.71. The van der Waals surface area contributed by atoms with E-state index in [0.717, 1.165) is 17.5 Å². The van der Waals surface area contributed by atoms with E-state index in [1.54, 1.807) is 6.92 Å². The van der Waals surface area contributed by atoms with Crippen LogP contribution in [0.2, 0.25) is 0 Å². The van der Waals surface area contributed by atoms with Gasteiger partial charge < -0.3 is 9.47 Å². The Hall–Kier alpha value is -1.86. The maximum Gasteiger partial charge on any atom is 0.317 e. The van der Waals surface area contributed by atoms with Crippen LogP contribution in [0.1, 0.15) is 45.2 Å². The number of ether oxygens (including phenoxy) is 2. The standard InChI is InChI=1S/C19H27NO3/c1-5-16(14-20)19(4,18(21)23-7-3)17-10-8-9-15(13-17)11-12-22-6-2/h8-10,13,16H,5-7,11-12H2,1-4H3. The summed E-state index contributed by atoms with van der Waals surface area (Å²) in [6.45, 7) is 9.12. The lowest BCUT2D eigenvalue weighted by Crippen LogP contribution is -2.41. The Morgan fingerprint density at radius 1 is 1.30 bits per heavy atom. The van der Waals surface area contributed by atoms with Gasteiger partial charge in [-0.15, -0.1) is 0 Å². The molecule has 0 spiro atoms. The van der Waals surface area contributed by atoms with E-state index in [1.165, 1.54) is 0 Å². The zero-order valence-electron chi connectivity index (χ0n) is 14.6. The van der Waals surface area contributed by atoms with Crippen LogP contribution in [0.25, 0.3) is 0 Å². The molecule has 0 aromatic heterocycles. The molecule has 0 saturated heterocycles. The third kappa shape index (κ3) is 4.56. The number of hydrogen-bond acceptors (Lipinski definition) is 4. The Kier molecular flexibility index (Phi) is 7.77. The van der Waals surface area contributed by atoms with E-state index in [4.69, 9.17) is 9.47 Å². The van der Waals surface area contributed by atoms with Gasteiger partial charge in [0, 0.05) is 6.61 Å². The second-order valence-corrected chi connectivity index (χ2v) is 5.66. The molecule has 0 saturated carbocycles. The molecule has 0 aliphatic carbocycles. The van der Waals surface area contributed by atoms with E-state index in [-0.39, 0.29) is 5.97 Å². The van der Waals surface area contributed by atoms with E-state index in [2.05, 4.69) is 6.07 Å². The highest BCUT2D eigenvalue weighted by atomic mass is 16.5. The summed E-state index contributed by atoms with van der Waals surface area (Å²) >= 11 is 0. The van der Waals surface area contributed by atoms with Crippen LogP contribution in [0.15, 0.2) is 24.3 Å². The highest BCUT2D eigenvalue weighted by Crippen LogP contribution is 2.36. The molecule has 0 bridgehead atoms. The van der Waals surface area contributed by atoms with E-state index in [9.17, 15) is 10.1 Å². The van der Waals surface area contributed by atoms with Gasteiger partial charge in [0.15, 0.2) is 0 Å². The summed E-state index contributed by atoms with van der Waals surface area (Å²) in [6, 6.07) is 10.1. The molecule has 23 heavy (non-hydrogen) atoms. The highest BCUT2D eigenvalue weighted by molar-refractivity contribution is 5.83. The van der Waals surface area contributed by atoms with Crippen molar-refractivity contribution in [1.82, 2.24) is 0 Å². The first-order valence-corrected chi connectivity index (χ1v) is 8.28. The Labute approximate surface area is 139 Å². The second kappa shape index (κ2) is 9.32. The molecule has 4 nitrogen and oxygen atoms in total. The van der Waals surface area contributed by atoms with E-state index < -0.39 is 11.3 Å². The summed E-state index contributed by atoms with van der Waals surface area (Å²) in [5, 5.41) is 9.50. The number of carbonyl (C=O) groups is 1. The fraction of sp³-hybridized carbons (Fsp3) is 0.579. The molecule has 2 unspecified atom stereocenters. The van der Waals surface area contributed by atoms with Crippen molar-refractivity contribution in [3.8, 4) is 6.07 Å². The molecule has 0 N–H and O–H groups in total. The van der Waals surface area contributed by atoms with Gasteiger partial charge in [-0.25, -0.2) is 0 Å². The van der Waals surface area contributed by atoms with Gasteiger partial charge >= 0.3 is 5.97 Å². The molecule has 0 aliphatic rings. The molecule has 1 rings (SSSR count). The zero-order valence-corrected chi connectivity index (χ0v) is 14.6. The van der Waals surface area contributed by atoms with Crippen molar-refractivity contribution >= 4 is 5.97 Å². The Morgan fingerprint density at radius 2 is 2.04 bits per heavy atom. The van der Waals surface area contributed by atoms with Crippen molar-refractivity contribution in [2.75, 3.05) is 19.8 Å². The largest absolute Gasteiger partial charge is 0.465 e. The molecule has 1 aromatic rings. The van der Waals surface area contributed by atoms with Crippen LogP contribution in [-0.2, 0) is 26.1 Å². The van der Waals surface area contributed by atoms with Gasteiger partial charge in [-0.2, -0.15) is 5.26 Å². The van der Waals surface area contributed by atoms with Crippen LogP contribution in [0.4, 0.5) is 0 Å². The zero-order chi connectivity index (χ0) is 17.3. The van der Waals surface area contributed by atoms with Gasteiger partial charge in [0.2, 0.25) is 0 Å². The number of benzene rings is 1. The maximum atomic E-state index is 12.6. The first-order valence-electron chi connectivity index (χ1n) is 8.28. The monoisotopic (exact) mass is 317 g/mol. The predicted octanol–water partition coefficient (Wildman–Crippen LogP) is 3.64. The topological polar surface area (TPSA) is 59.3 Å². The molecule has 0 radical (unpaired) electrons. The van der Waals surface area contributed by atoms with E-state index in [1.807, 2.05) is 45.0 Å². The van der Waals surface area contributed by atoms with Crippen LogP contribution >= 0.6 is 0 Å². The number of carbonyl (C=O) groups excluding carboxylic acids is 1. The number of rotatable bonds is 9. The summed E-state index contributed by atoms with van der Waals surface area (Å²) in [4.78, 5) is 12.6. The van der Waals surface area contributed by atoms with Crippen LogP contribution in [0.3, 0.4) is 0 Å². The Bertz CT molecular complexity index is 550. The lowest BCUT2D eigenvalue weighted by Gasteiger charge is -2.31. The Morgan fingerprint density at radius 3 is 2.61 bits per heavy atom. The smallest absolute Gasteiger partial charge is 0.317 e. The normalized spacial score (nSPS) is 14.6. The third-order valence-electron chi connectivity index (χ3n) is 4.23. The van der Waals surface area contributed by atoms with Crippen molar-refractivity contribution < 1.29 is 14.3 Å². The second-order valence-electron chi connectivity index (χ2n) is 5.66. The van der Waals surface area contributed by atoms with Crippen LogP contribution < -0.4 is 0 Å². The minimum atomic E-state index is -0.957. The van der Waals surface area contributed by atoms with Crippen molar-refractivity contribution in [2.24, 2.45) is 5.92 Å². The SMILES string of the molecule is CCOCCc1cccc(C(C)(C(=O)OCC)C(C#N)CC)c1. The average Bonchev–Trinajstić information content (AvgIpc) is 2.56. The molecular formula is C19H27NO3. The van der Waals surface area contributed by atoms with Gasteiger partial charge in [-0.05, 0) is 44.7 Å². The van der Waals surface area contributed by atoms with Crippen LogP contribution in [-0.4, -0.2) is 25.8 Å². The lowest BCUT2D eigenvalue weighted by molar-refractivity contribution is -0.151. The van der Waals surface area contributed by atoms with Gasteiger partial charge in [-0.1, -0.05) is 31.2 Å². The van der Waals surface area contributed by atoms with Crippen LogP contribution in [0.5, 0.6) is 0 Å².